The van der Waals surface area contributed by atoms with E-state index in [1.165, 1.54) is 5.56 Å². The van der Waals surface area contributed by atoms with Gasteiger partial charge in [-0.15, -0.1) is 0 Å². The Kier molecular flexibility index (Phi) is 3.07. The second-order valence-corrected chi connectivity index (χ2v) is 3.31. The Bertz CT molecular complexity index is 355. The van der Waals surface area contributed by atoms with Crippen molar-refractivity contribution >= 4 is 5.97 Å². The van der Waals surface area contributed by atoms with Crippen LogP contribution in [0.2, 0.25) is 0 Å². The van der Waals surface area contributed by atoms with Gasteiger partial charge >= 0.3 is 5.97 Å². The zero-order valence-electron chi connectivity index (χ0n) is 8.76. The van der Waals surface area contributed by atoms with Gasteiger partial charge in [-0.3, -0.25) is 0 Å². The first kappa shape index (κ1) is 10.5. The lowest BCUT2D eigenvalue weighted by Crippen LogP contribution is -2.03. The minimum absolute atomic E-state index is 0.423. The first-order chi connectivity index (χ1) is 6.54. The van der Waals surface area contributed by atoms with Crippen LogP contribution in [0, 0.1) is 20.8 Å². The van der Waals surface area contributed by atoms with Crippen molar-refractivity contribution in [2.45, 2.75) is 20.8 Å². The highest BCUT2D eigenvalue weighted by Crippen LogP contribution is 2.20. The highest BCUT2D eigenvalue weighted by atomic mass is 16.5. The predicted molar refractivity (Wildman–Crippen MR) is 56.5 cm³/mol. The molecule has 0 aromatic heterocycles. The van der Waals surface area contributed by atoms with Gasteiger partial charge in [0.05, 0.1) is 0 Å². The van der Waals surface area contributed by atoms with Gasteiger partial charge in [-0.05, 0) is 49.6 Å². The van der Waals surface area contributed by atoms with Crippen molar-refractivity contribution in [3.05, 3.63) is 41.5 Å². The molecule has 0 fully saturated rings. The third-order valence-electron chi connectivity index (χ3n) is 2.29. The number of hydrogen-bond donors (Lipinski definition) is 0. The molecule has 1 aromatic rings. The summed E-state index contributed by atoms with van der Waals surface area (Å²) in [6, 6.07) is 3.70. The fourth-order valence-electron chi connectivity index (χ4n) is 1.21. The fourth-order valence-corrected chi connectivity index (χ4v) is 1.21. The molecule has 0 bridgehead atoms. The Balaban J connectivity index is 3.01. The maximum Gasteiger partial charge on any atom is 0.335 e. The number of aryl methyl sites for hydroxylation is 2. The molecule has 0 aliphatic carbocycles. The highest BCUT2D eigenvalue weighted by Gasteiger charge is 2.04. The summed E-state index contributed by atoms with van der Waals surface area (Å²) < 4.78 is 5.02. The second kappa shape index (κ2) is 4.09. The van der Waals surface area contributed by atoms with E-state index in [1.807, 2.05) is 32.9 Å². The van der Waals surface area contributed by atoms with Crippen LogP contribution >= 0.6 is 0 Å². The van der Waals surface area contributed by atoms with E-state index in [-0.39, 0.29) is 0 Å². The standard InChI is InChI=1S/C12H14O2/c1-5-12(13)14-11-6-8(2)10(4)9(3)7-11/h5-7H,1H2,2-4H3. The van der Waals surface area contributed by atoms with Gasteiger partial charge < -0.3 is 4.74 Å². The number of carbonyl (C=O) groups excluding carboxylic acids is 1. The molecule has 0 aliphatic heterocycles. The van der Waals surface area contributed by atoms with Crippen LogP contribution in [-0.4, -0.2) is 5.97 Å². The normalized spacial score (nSPS) is 9.64. The third kappa shape index (κ3) is 2.22. The van der Waals surface area contributed by atoms with E-state index in [0.717, 1.165) is 17.2 Å². The monoisotopic (exact) mass is 190 g/mol. The second-order valence-electron chi connectivity index (χ2n) is 3.31. The van der Waals surface area contributed by atoms with E-state index in [4.69, 9.17) is 4.74 Å². The average Bonchev–Trinajstić information content (AvgIpc) is 2.14. The quantitative estimate of drug-likeness (QED) is 0.407. The highest BCUT2D eigenvalue weighted by molar-refractivity contribution is 5.83. The van der Waals surface area contributed by atoms with Crippen LogP contribution in [0.5, 0.6) is 5.75 Å². The van der Waals surface area contributed by atoms with Gasteiger partial charge in [0.25, 0.3) is 0 Å². The predicted octanol–water partition coefficient (Wildman–Crippen LogP) is 2.70. The van der Waals surface area contributed by atoms with Crippen LogP contribution in [0.4, 0.5) is 0 Å². The summed E-state index contributed by atoms with van der Waals surface area (Å²) >= 11 is 0. The molecule has 0 unspecified atom stereocenters. The Morgan fingerprint density at radius 1 is 1.29 bits per heavy atom. The first-order valence-corrected chi connectivity index (χ1v) is 4.46. The van der Waals surface area contributed by atoms with Gasteiger partial charge in [0, 0.05) is 6.08 Å². The molecule has 74 valence electrons. The number of benzene rings is 1. The summed E-state index contributed by atoms with van der Waals surface area (Å²) in [6.07, 6.45) is 1.16. The number of ether oxygens (including phenoxy) is 1. The van der Waals surface area contributed by atoms with Gasteiger partial charge in [-0.2, -0.15) is 0 Å². The smallest absolute Gasteiger partial charge is 0.335 e. The van der Waals surface area contributed by atoms with E-state index in [1.54, 1.807) is 0 Å². The maximum absolute atomic E-state index is 10.9. The Hall–Kier alpha value is -1.57. The van der Waals surface area contributed by atoms with Crippen LogP contribution in [0.15, 0.2) is 24.8 Å². The molecule has 0 spiro atoms. The van der Waals surface area contributed by atoms with E-state index >= 15 is 0 Å². The van der Waals surface area contributed by atoms with Crippen molar-refractivity contribution in [3.8, 4) is 5.75 Å². The van der Waals surface area contributed by atoms with E-state index < -0.39 is 5.97 Å². The Morgan fingerprint density at radius 3 is 2.21 bits per heavy atom. The molecule has 0 aliphatic rings. The molecule has 0 N–H and O–H groups in total. The zero-order chi connectivity index (χ0) is 10.7. The molecule has 0 saturated carbocycles. The topological polar surface area (TPSA) is 26.3 Å². The van der Waals surface area contributed by atoms with Crippen LogP contribution in [0.3, 0.4) is 0 Å². The van der Waals surface area contributed by atoms with Crippen molar-refractivity contribution in [1.29, 1.82) is 0 Å². The summed E-state index contributed by atoms with van der Waals surface area (Å²) in [6.45, 7) is 9.38. The van der Waals surface area contributed by atoms with Crippen LogP contribution < -0.4 is 4.74 Å². The van der Waals surface area contributed by atoms with Crippen LogP contribution in [0.1, 0.15) is 16.7 Å². The van der Waals surface area contributed by atoms with Gasteiger partial charge in [-0.25, -0.2) is 4.79 Å². The van der Waals surface area contributed by atoms with Crippen LogP contribution in [0.25, 0.3) is 0 Å². The lowest BCUT2D eigenvalue weighted by Gasteiger charge is -2.08. The van der Waals surface area contributed by atoms with Gasteiger partial charge in [0.15, 0.2) is 0 Å². The molecule has 0 radical (unpaired) electrons. The summed E-state index contributed by atoms with van der Waals surface area (Å²) in [4.78, 5) is 10.9. The number of esters is 1. The van der Waals surface area contributed by atoms with Gasteiger partial charge in [0.1, 0.15) is 5.75 Å². The average molecular weight is 190 g/mol. The zero-order valence-corrected chi connectivity index (χ0v) is 8.76. The first-order valence-electron chi connectivity index (χ1n) is 4.46. The molecule has 0 saturated heterocycles. The minimum Gasteiger partial charge on any atom is -0.423 e. The molecule has 2 heteroatoms. The molecule has 1 rings (SSSR count). The van der Waals surface area contributed by atoms with Crippen molar-refractivity contribution in [1.82, 2.24) is 0 Å². The van der Waals surface area contributed by atoms with Crippen molar-refractivity contribution in [2.75, 3.05) is 0 Å². The van der Waals surface area contributed by atoms with Crippen molar-refractivity contribution < 1.29 is 9.53 Å². The van der Waals surface area contributed by atoms with Crippen LogP contribution in [-0.2, 0) is 4.79 Å². The van der Waals surface area contributed by atoms with Gasteiger partial charge in [-0.1, -0.05) is 6.58 Å². The summed E-state index contributed by atoms with van der Waals surface area (Å²) in [5.74, 6) is 0.156. The van der Waals surface area contributed by atoms with Crippen molar-refractivity contribution in [2.24, 2.45) is 0 Å². The molecule has 1 aromatic carbocycles. The summed E-state index contributed by atoms with van der Waals surface area (Å²) in [5.41, 5.74) is 3.47. The minimum atomic E-state index is -0.423. The van der Waals surface area contributed by atoms with E-state index in [9.17, 15) is 4.79 Å². The fraction of sp³-hybridized carbons (Fsp3) is 0.250. The SMILES string of the molecule is C=CC(=O)Oc1cc(C)c(C)c(C)c1. The number of hydrogen-bond acceptors (Lipinski definition) is 2. The van der Waals surface area contributed by atoms with Crippen molar-refractivity contribution in [3.63, 3.8) is 0 Å². The Morgan fingerprint density at radius 2 is 1.79 bits per heavy atom. The van der Waals surface area contributed by atoms with Gasteiger partial charge in [0.2, 0.25) is 0 Å². The number of carbonyl (C=O) groups is 1. The maximum atomic E-state index is 10.9. The van der Waals surface area contributed by atoms with E-state index in [0.29, 0.717) is 5.75 Å². The molecule has 0 amide bonds. The molecule has 2 nitrogen and oxygen atoms in total. The molecule has 0 atom stereocenters. The number of rotatable bonds is 2. The molecular formula is C12H14O2. The third-order valence-corrected chi connectivity index (χ3v) is 2.29. The summed E-state index contributed by atoms with van der Waals surface area (Å²) in [7, 11) is 0. The largest absolute Gasteiger partial charge is 0.423 e. The lowest BCUT2D eigenvalue weighted by atomic mass is 10.0. The molecule has 0 heterocycles. The summed E-state index contributed by atoms with van der Waals surface area (Å²) in [5, 5.41) is 0. The van der Waals surface area contributed by atoms with E-state index in [2.05, 4.69) is 6.58 Å². The Labute approximate surface area is 84.2 Å². The lowest BCUT2D eigenvalue weighted by molar-refractivity contribution is -0.128. The molecular weight excluding hydrogens is 176 g/mol. The molecule has 14 heavy (non-hydrogen) atoms.